The summed E-state index contributed by atoms with van der Waals surface area (Å²) in [6, 6.07) is 9.77. The van der Waals surface area contributed by atoms with Crippen LogP contribution < -0.4 is 0 Å². The molecule has 0 saturated carbocycles. The zero-order valence-electron chi connectivity index (χ0n) is 14.3. The Kier molecular flexibility index (Phi) is 7.65. The summed E-state index contributed by atoms with van der Waals surface area (Å²) in [6.45, 7) is 8.36. The summed E-state index contributed by atoms with van der Waals surface area (Å²) in [5.74, 6) is -0.274. The third kappa shape index (κ3) is 6.75. The Morgan fingerprint density at radius 2 is 1.91 bits per heavy atom. The van der Waals surface area contributed by atoms with Gasteiger partial charge < -0.3 is 4.74 Å². The van der Waals surface area contributed by atoms with Gasteiger partial charge in [-0.1, -0.05) is 55.8 Å². The van der Waals surface area contributed by atoms with Gasteiger partial charge in [0.25, 0.3) is 0 Å². The Morgan fingerprint density at radius 1 is 1.23 bits per heavy atom. The van der Waals surface area contributed by atoms with Crippen LogP contribution in [0.5, 0.6) is 0 Å². The molecule has 0 radical (unpaired) electrons. The standard InChI is InChI=1S/C20H28O2/c1-5-17(3)11-10-16-20(4,6-2)22-19(21)15-14-18-12-8-7-9-13-18/h7-9,11-15H,5-6,10,16H2,1-4H3. The van der Waals surface area contributed by atoms with Gasteiger partial charge in [0.15, 0.2) is 0 Å². The van der Waals surface area contributed by atoms with Crippen LogP contribution >= 0.6 is 0 Å². The highest BCUT2D eigenvalue weighted by atomic mass is 16.6. The normalized spacial score (nSPS) is 14.8. The summed E-state index contributed by atoms with van der Waals surface area (Å²) in [5, 5.41) is 0. The fraction of sp³-hybridized carbons (Fsp3) is 0.450. The van der Waals surface area contributed by atoms with E-state index in [4.69, 9.17) is 4.74 Å². The molecular weight excluding hydrogens is 272 g/mol. The first-order valence-corrected chi connectivity index (χ1v) is 8.11. The molecule has 2 heteroatoms. The van der Waals surface area contributed by atoms with Gasteiger partial charge in [0.1, 0.15) is 5.60 Å². The summed E-state index contributed by atoms with van der Waals surface area (Å²) in [5.41, 5.74) is 1.98. The maximum absolute atomic E-state index is 12.0. The Balaban J connectivity index is 2.56. The molecule has 0 aliphatic rings. The number of ether oxygens (including phenoxy) is 1. The quantitative estimate of drug-likeness (QED) is 0.357. The van der Waals surface area contributed by atoms with Crippen molar-refractivity contribution in [3.63, 3.8) is 0 Å². The molecule has 1 atom stereocenters. The van der Waals surface area contributed by atoms with Crippen molar-refractivity contribution in [1.82, 2.24) is 0 Å². The van der Waals surface area contributed by atoms with Crippen LogP contribution in [0.3, 0.4) is 0 Å². The molecule has 0 amide bonds. The van der Waals surface area contributed by atoms with Gasteiger partial charge in [-0.05, 0) is 51.2 Å². The molecule has 0 N–H and O–H groups in total. The molecule has 0 fully saturated rings. The first-order chi connectivity index (χ1) is 10.5. The van der Waals surface area contributed by atoms with E-state index < -0.39 is 5.60 Å². The second-order valence-electron chi connectivity index (χ2n) is 5.91. The molecule has 2 nitrogen and oxygen atoms in total. The van der Waals surface area contributed by atoms with Crippen LogP contribution in [0, 0.1) is 0 Å². The monoisotopic (exact) mass is 300 g/mol. The molecule has 0 aromatic heterocycles. The highest BCUT2D eigenvalue weighted by Gasteiger charge is 2.25. The van der Waals surface area contributed by atoms with Crippen LogP contribution in [0.1, 0.15) is 58.9 Å². The van der Waals surface area contributed by atoms with Crippen molar-refractivity contribution in [2.45, 2.75) is 59.0 Å². The minimum Gasteiger partial charge on any atom is -0.456 e. The average molecular weight is 300 g/mol. The summed E-state index contributed by atoms with van der Waals surface area (Å²) < 4.78 is 5.67. The number of carbonyl (C=O) groups excluding carboxylic acids is 1. The third-order valence-corrected chi connectivity index (χ3v) is 4.03. The highest BCUT2D eigenvalue weighted by Crippen LogP contribution is 2.23. The fourth-order valence-corrected chi connectivity index (χ4v) is 2.07. The summed E-state index contributed by atoms with van der Waals surface area (Å²) in [7, 11) is 0. The summed E-state index contributed by atoms with van der Waals surface area (Å²) >= 11 is 0. The van der Waals surface area contributed by atoms with Crippen LogP contribution in [-0.2, 0) is 9.53 Å². The van der Waals surface area contributed by atoms with Crippen LogP contribution in [0.2, 0.25) is 0 Å². The van der Waals surface area contributed by atoms with E-state index in [1.54, 1.807) is 6.08 Å². The number of hydrogen-bond acceptors (Lipinski definition) is 2. The lowest BCUT2D eigenvalue weighted by Gasteiger charge is -2.27. The Hall–Kier alpha value is -1.83. The average Bonchev–Trinajstić information content (AvgIpc) is 2.53. The third-order valence-electron chi connectivity index (χ3n) is 4.03. The van der Waals surface area contributed by atoms with Crippen LogP contribution in [0.25, 0.3) is 6.08 Å². The van der Waals surface area contributed by atoms with E-state index in [0.29, 0.717) is 0 Å². The van der Waals surface area contributed by atoms with Crippen LogP contribution in [0.4, 0.5) is 0 Å². The van der Waals surface area contributed by atoms with E-state index in [1.807, 2.05) is 37.3 Å². The van der Waals surface area contributed by atoms with Gasteiger partial charge in [-0.3, -0.25) is 0 Å². The summed E-state index contributed by atoms with van der Waals surface area (Å²) in [6.07, 6.45) is 9.22. The van der Waals surface area contributed by atoms with E-state index >= 15 is 0 Å². The van der Waals surface area contributed by atoms with E-state index in [9.17, 15) is 4.79 Å². The predicted octanol–water partition coefficient (Wildman–Crippen LogP) is 5.55. The molecule has 0 spiro atoms. The lowest BCUT2D eigenvalue weighted by atomic mass is 9.96. The van der Waals surface area contributed by atoms with E-state index in [2.05, 4.69) is 26.8 Å². The largest absolute Gasteiger partial charge is 0.456 e. The van der Waals surface area contributed by atoms with Gasteiger partial charge >= 0.3 is 5.97 Å². The van der Waals surface area contributed by atoms with Crippen molar-refractivity contribution in [1.29, 1.82) is 0 Å². The second-order valence-corrected chi connectivity index (χ2v) is 5.91. The van der Waals surface area contributed by atoms with Gasteiger partial charge in [0.2, 0.25) is 0 Å². The predicted molar refractivity (Wildman–Crippen MR) is 93.5 cm³/mol. The Morgan fingerprint density at radius 3 is 2.50 bits per heavy atom. The maximum atomic E-state index is 12.0. The van der Waals surface area contributed by atoms with E-state index in [0.717, 1.165) is 31.2 Å². The van der Waals surface area contributed by atoms with Gasteiger partial charge in [-0.15, -0.1) is 0 Å². The molecule has 1 aromatic carbocycles. The molecule has 1 rings (SSSR count). The number of rotatable bonds is 8. The fourth-order valence-electron chi connectivity index (χ4n) is 2.07. The van der Waals surface area contributed by atoms with Gasteiger partial charge in [-0.25, -0.2) is 4.79 Å². The molecule has 22 heavy (non-hydrogen) atoms. The molecule has 0 heterocycles. The first kappa shape index (κ1) is 18.2. The number of hydrogen-bond donors (Lipinski definition) is 0. The molecule has 0 aliphatic carbocycles. The Bertz CT molecular complexity index is 514. The highest BCUT2D eigenvalue weighted by molar-refractivity contribution is 5.87. The van der Waals surface area contributed by atoms with Crippen molar-refractivity contribution in [2.75, 3.05) is 0 Å². The molecular formula is C20H28O2. The SMILES string of the molecule is CCC(C)=CCCC(C)(CC)OC(=O)C=Cc1ccccc1. The molecule has 0 saturated heterocycles. The minimum absolute atomic E-state index is 0.274. The molecule has 120 valence electrons. The zero-order valence-corrected chi connectivity index (χ0v) is 14.3. The zero-order chi connectivity index (χ0) is 16.4. The number of carbonyl (C=O) groups is 1. The minimum atomic E-state index is -0.400. The first-order valence-electron chi connectivity index (χ1n) is 8.11. The van der Waals surface area contributed by atoms with Crippen molar-refractivity contribution in [2.24, 2.45) is 0 Å². The number of esters is 1. The van der Waals surface area contributed by atoms with Crippen molar-refractivity contribution >= 4 is 12.0 Å². The van der Waals surface area contributed by atoms with Crippen LogP contribution in [0.15, 0.2) is 48.1 Å². The van der Waals surface area contributed by atoms with Gasteiger partial charge in [-0.2, -0.15) is 0 Å². The lowest BCUT2D eigenvalue weighted by molar-refractivity contribution is -0.152. The van der Waals surface area contributed by atoms with Crippen molar-refractivity contribution in [3.8, 4) is 0 Å². The maximum Gasteiger partial charge on any atom is 0.331 e. The number of allylic oxidation sites excluding steroid dienone is 2. The van der Waals surface area contributed by atoms with E-state index in [1.165, 1.54) is 11.6 Å². The molecule has 0 aliphatic heterocycles. The van der Waals surface area contributed by atoms with Crippen molar-refractivity contribution in [3.05, 3.63) is 53.6 Å². The number of benzene rings is 1. The molecule has 1 aromatic rings. The molecule has 0 bridgehead atoms. The smallest absolute Gasteiger partial charge is 0.331 e. The van der Waals surface area contributed by atoms with Gasteiger partial charge in [0.05, 0.1) is 0 Å². The Labute approximate surface area is 134 Å². The second kappa shape index (κ2) is 9.24. The van der Waals surface area contributed by atoms with E-state index in [-0.39, 0.29) is 5.97 Å². The van der Waals surface area contributed by atoms with Gasteiger partial charge in [0, 0.05) is 6.08 Å². The molecule has 1 unspecified atom stereocenters. The summed E-state index contributed by atoms with van der Waals surface area (Å²) in [4.78, 5) is 12.0. The topological polar surface area (TPSA) is 26.3 Å². The van der Waals surface area contributed by atoms with Crippen LogP contribution in [-0.4, -0.2) is 11.6 Å². The lowest BCUT2D eigenvalue weighted by Crippen LogP contribution is -2.30. The van der Waals surface area contributed by atoms with Crippen molar-refractivity contribution < 1.29 is 9.53 Å².